The van der Waals surface area contributed by atoms with E-state index in [1.54, 1.807) is 0 Å². The standard InChI is InChI=1S/C12H17N3O4/c1-3-8(2)13-7-12(17)14-10-5-4-9(15(18)19)6-11(10)16/h4-6,8,13,16H,3,7H2,1-2H3,(H,14,17). The normalized spacial score (nSPS) is 11.9. The summed E-state index contributed by atoms with van der Waals surface area (Å²) in [5, 5.41) is 25.5. The van der Waals surface area contributed by atoms with E-state index >= 15 is 0 Å². The number of aromatic hydroxyl groups is 1. The number of nitrogens with one attached hydrogen (secondary N) is 2. The first-order valence-corrected chi connectivity index (χ1v) is 5.94. The van der Waals surface area contributed by atoms with E-state index in [4.69, 9.17) is 0 Å². The Morgan fingerprint density at radius 1 is 1.53 bits per heavy atom. The average Bonchev–Trinajstić information content (AvgIpc) is 2.38. The number of hydrogen-bond donors (Lipinski definition) is 3. The third kappa shape index (κ3) is 4.55. The maximum absolute atomic E-state index is 11.6. The molecule has 0 fully saturated rings. The van der Waals surface area contributed by atoms with Gasteiger partial charge in [-0.05, 0) is 19.4 Å². The zero-order chi connectivity index (χ0) is 14.4. The highest BCUT2D eigenvalue weighted by molar-refractivity contribution is 5.93. The van der Waals surface area contributed by atoms with Crippen LogP contribution in [-0.4, -0.2) is 28.5 Å². The number of phenolic OH excluding ortho intramolecular Hbond substituents is 1. The van der Waals surface area contributed by atoms with Gasteiger partial charge in [-0.1, -0.05) is 6.92 Å². The van der Waals surface area contributed by atoms with Gasteiger partial charge in [0, 0.05) is 12.1 Å². The molecule has 1 atom stereocenters. The van der Waals surface area contributed by atoms with Crippen molar-refractivity contribution in [2.24, 2.45) is 0 Å². The van der Waals surface area contributed by atoms with E-state index in [9.17, 15) is 20.0 Å². The van der Waals surface area contributed by atoms with E-state index in [-0.39, 0.29) is 35.6 Å². The van der Waals surface area contributed by atoms with Crippen molar-refractivity contribution in [2.45, 2.75) is 26.3 Å². The predicted octanol–water partition coefficient (Wildman–Crippen LogP) is 1.63. The molecule has 0 aliphatic rings. The fourth-order valence-corrected chi connectivity index (χ4v) is 1.34. The molecule has 0 bridgehead atoms. The van der Waals surface area contributed by atoms with E-state index in [2.05, 4.69) is 10.6 Å². The van der Waals surface area contributed by atoms with Gasteiger partial charge in [0.1, 0.15) is 5.75 Å². The second-order valence-corrected chi connectivity index (χ2v) is 4.20. The van der Waals surface area contributed by atoms with Crippen LogP contribution < -0.4 is 10.6 Å². The summed E-state index contributed by atoms with van der Waals surface area (Å²) in [4.78, 5) is 21.5. The van der Waals surface area contributed by atoms with Gasteiger partial charge in [0.05, 0.1) is 23.2 Å². The number of nitrogens with zero attached hydrogens (tertiary/aromatic N) is 1. The minimum Gasteiger partial charge on any atom is -0.506 e. The molecule has 7 heteroatoms. The van der Waals surface area contributed by atoms with Crippen molar-refractivity contribution >= 4 is 17.3 Å². The summed E-state index contributed by atoms with van der Waals surface area (Å²) >= 11 is 0. The summed E-state index contributed by atoms with van der Waals surface area (Å²) in [6.07, 6.45) is 0.899. The molecule has 0 radical (unpaired) electrons. The van der Waals surface area contributed by atoms with Crippen LogP contribution in [-0.2, 0) is 4.79 Å². The van der Waals surface area contributed by atoms with Gasteiger partial charge in [0.15, 0.2) is 0 Å². The van der Waals surface area contributed by atoms with Crippen LogP contribution in [0, 0.1) is 10.1 Å². The van der Waals surface area contributed by atoms with Crippen molar-refractivity contribution in [1.82, 2.24) is 5.32 Å². The molecule has 7 nitrogen and oxygen atoms in total. The number of amides is 1. The molecule has 0 spiro atoms. The molecule has 1 unspecified atom stereocenters. The molecule has 3 N–H and O–H groups in total. The Morgan fingerprint density at radius 3 is 2.74 bits per heavy atom. The lowest BCUT2D eigenvalue weighted by Gasteiger charge is -2.11. The van der Waals surface area contributed by atoms with Gasteiger partial charge in [-0.25, -0.2) is 0 Å². The Balaban J connectivity index is 2.62. The summed E-state index contributed by atoms with van der Waals surface area (Å²) in [5.74, 6) is -0.643. The maximum atomic E-state index is 11.6. The fourth-order valence-electron chi connectivity index (χ4n) is 1.34. The summed E-state index contributed by atoms with van der Waals surface area (Å²) in [6.45, 7) is 4.07. The number of hydrogen-bond acceptors (Lipinski definition) is 5. The SMILES string of the molecule is CCC(C)NCC(=O)Nc1ccc([N+](=O)[O-])cc1O. The molecule has 0 heterocycles. The molecular formula is C12H17N3O4. The van der Waals surface area contributed by atoms with Crippen molar-refractivity contribution in [2.75, 3.05) is 11.9 Å². The molecule has 0 saturated carbocycles. The number of carbonyl (C=O) groups excluding carboxylic acids is 1. The Morgan fingerprint density at radius 2 is 2.21 bits per heavy atom. The highest BCUT2D eigenvalue weighted by Crippen LogP contribution is 2.27. The number of nitro groups is 1. The van der Waals surface area contributed by atoms with Crippen molar-refractivity contribution in [3.63, 3.8) is 0 Å². The molecule has 1 amide bonds. The van der Waals surface area contributed by atoms with Gasteiger partial charge >= 0.3 is 0 Å². The number of phenols is 1. The number of rotatable bonds is 6. The first-order chi connectivity index (χ1) is 8.93. The fraction of sp³-hybridized carbons (Fsp3) is 0.417. The molecule has 19 heavy (non-hydrogen) atoms. The van der Waals surface area contributed by atoms with E-state index in [0.717, 1.165) is 12.5 Å². The largest absolute Gasteiger partial charge is 0.506 e. The Kier molecular flexibility index (Phi) is 5.25. The lowest BCUT2D eigenvalue weighted by Crippen LogP contribution is -2.33. The second-order valence-electron chi connectivity index (χ2n) is 4.20. The summed E-state index contributed by atoms with van der Waals surface area (Å²) in [6, 6.07) is 3.74. The Bertz CT molecular complexity index is 476. The zero-order valence-electron chi connectivity index (χ0n) is 10.8. The minimum absolute atomic E-state index is 0.117. The first-order valence-electron chi connectivity index (χ1n) is 5.94. The average molecular weight is 267 g/mol. The van der Waals surface area contributed by atoms with Crippen LogP contribution >= 0.6 is 0 Å². The molecular weight excluding hydrogens is 250 g/mol. The van der Waals surface area contributed by atoms with Gasteiger partial charge in [-0.15, -0.1) is 0 Å². The highest BCUT2D eigenvalue weighted by Gasteiger charge is 2.12. The molecule has 1 aromatic carbocycles. The molecule has 0 aromatic heterocycles. The number of carbonyl (C=O) groups is 1. The van der Waals surface area contributed by atoms with Crippen LogP contribution in [0.3, 0.4) is 0 Å². The Hall–Kier alpha value is -2.15. The van der Waals surface area contributed by atoms with Gasteiger partial charge in [-0.3, -0.25) is 14.9 Å². The van der Waals surface area contributed by atoms with Crippen molar-refractivity contribution in [1.29, 1.82) is 0 Å². The maximum Gasteiger partial charge on any atom is 0.273 e. The van der Waals surface area contributed by atoms with E-state index < -0.39 is 4.92 Å². The van der Waals surface area contributed by atoms with Gasteiger partial charge in [0.25, 0.3) is 5.69 Å². The lowest BCUT2D eigenvalue weighted by molar-refractivity contribution is -0.384. The predicted molar refractivity (Wildman–Crippen MR) is 71.1 cm³/mol. The third-order valence-corrected chi connectivity index (χ3v) is 2.69. The number of benzene rings is 1. The van der Waals surface area contributed by atoms with E-state index in [0.29, 0.717) is 0 Å². The van der Waals surface area contributed by atoms with Crippen LogP contribution in [0.2, 0.25) is 0 Å². The number of anilines is 1. The molecule has 1 rings (SSSR count). The zero-order valence-corrected chi connectivity index (χ0v) is 10.8. The highest BCUT2D eigenvalue weighted by atomic mass is 16.6. The van der Waals surface area contributed by atoms with Crippen LogP contribution in [0.25, 0.3) is 0 Å². The van der Waals surface area contributed by atoms with E-state index in [1.807, 2.05) is 13.8 Å². The minimum atomic E-state index is -0.615. The quantitative estimate of drug-likeness (QED) is 0.413. The van der Waals surface area contributed by atoms with Crippen LogP contribution in [0.15, 0.2) is 18.2 Å². The van der Waals surface area contributed by atoms with Crippen LogP contribution in [0.5, 0.6) is 5.75 Å². The molecule has 0 aliphatic heterocycles. The molecule has 104 valence electrons. The van der Waals surface area contributed by atoms with Gasteiger partial charge < -0.3 is 15.7 Å². The van der Waals surface area contributed by atoms with Crippen LogP contribution in [0.1, 0.15) is 20.3 Å². The Labute approximate surface area is 110 Å². The first kappa shape index (κ1) is 14.9. The third-order valence-electron chi connectivity index (χ3n) is 2.69. The van der Waals surface area contributed by atoms with Gasteiger partial charge in [-0.2, -0.15) is 0 Å². The topological polar surface area (TPSA) is 104 Å². The summed E-state index contributed by atoms with van der Waals surface area (Å²) < 4.78 is 0. The second kappa shape index (κ2) is 6.69. The lowest BCUT2D eigenvalue weighted by atomic mass is 10.2. The molecule has 0 aliphatic carbocycles. The van der Waals surface area contributed by atoms with Crippen molar-refractivity contribution < 1.29 is 14.8 Å². The van der Waals surface area contributed by atoms with E-state index in [1.165, 1.54) is 12.1 Å². The summed E-state index contributed by atoms with van der Waals surface area (Å²) in [7, 11) is 0. The van der Waals surface area contributed by atoms with Crippen molar-refractivity contribution in [3.8, 4) is 5.75 Å². The van der Waals surface area contributed by atoms with Gasteiger partial charge in [0.2, 0.25) is 5.91 Å². The van der Waals surface area contributed by atoms with Crippen LogP contribution in [0.4, 0.5) is 11.4 Å². The number of non-ortho nitro benzene ring substituents is 1. The molecule has 0 saturated heterocycles. The number of nitro benzene ring substituents is 1. The monoisotopic (exact) mass is 267 g/mol. The van der Waals surface area contributed by atoms with Crippen molar-refractivity contribution in [3.05, 3.63) is 28.3 Å². The molecule has 1 aromatic rings. The smallest absolute Gasteiger partial charge is 0.273 e. The summed E-state index contributed by atoms with van der Waals surface area (Å²) in [5.41, 5.74) is -0.0743.